The van der Waals surface area contributed by atoms with Gasteiger partial charge in [0.15, 0.2) is 6.10 Å². The van der Waals surface area contributed by atoms with Gasteiger partial charge in [-0.25, -0.2) is 0 Å². The van der Waals surface area contributed by atoms with Crippen LogP contribution in [0.15, 0.2) is 85.1 Å². The summed E-state index contributed by atoms with van der Waals surface area (Å²) in [6.45, 7) is 6.53. The standard InChI is InChI=1S/C73H128O6/c1-4-7-10-13-16-19-22-25-28-30-31-32-33-34-35-36-37-38-39-40-41-43-45-48-51-54-57-60-63-66-72(75)78-69-70(68-77-71(74)65-62-59-56-53-50-47-44-27-24-21-18-15-12-9-6-3)79-73(76)67-64-61-58-55-52-49-46-42-29-26-23-20-17-14-11-8-5-2/h9,12,18,21-22,25-27,29-31,33-34,44,70H,4-8,10-11,13-17,19-20,23-24,28,32,35-43,45-69H2,1-3H3/b12-9-,21-18-,25-22-,29-26-,31-30-,34-33-,44-27-. The SMILES string of the molecule is CC/C=C\C/C=C\C/C=C\CCCCCCCC(=O)OCC(COC(=O)CCCCCCCCCCCCCCCC/C=C\C/C=C\C/C=C\CCCCCCC)OC(=O)CCCCCCCCC/C=C\CCCCCCCC. The molecule has 0 fully saturated rings. The van der Waals surface area contributed by atoms with Crippen molar-refractivity contribution in [3.63, 3.8) is 0 Å². The second kappa shape index (κ2) is 67.1. The second-order valence-electron chi connectivity index (χ2n) is 22.7. The summed E-state index contributed by atoms with van der Waals surface area (Å²) in [5, 5.41) is 0. The summed E-state index contributed by atoms with van der Waals surface area (Å²) in [6.07, 6.45) is 88.9. The van der Waals surface area contributed by atoms with E-state index in [1.807, 2.05) is 0 Å². The first-order valence-electron chi connectivity index (χ1n) is 34.1. The molecular weight excluding hydrogens is 973 g/mol. The number of rotatable bonds is 62. The number of ether oxygens (including phenoxy) is 3. The van der Waals surface area contributed by atoms with Crippen LogP contribution in [0, 0.1) is 0 Å². The van der Waals surface area contributed by atoms with Crippen LogP contribution in [0.3, 0.4) is 0 Å². The van der Waals surface area contributed by atoms with Gasteiger partial charge in [-0.2, -0.15) is 0 Å². The fourth-order valence-corrected chi connectivity index (χ4v) is 9.76. The molecule has 0 heterocycles. The topological polar surface area (TPSA) is 78.9 Å². The van der Waals surface area contributed by atoms with Crippen molar-refractivity contribution in [1.82, 2.24) is 0 Å². The van der Waals surface area contributed by atoms with Gasteiger partial charge in [0.25, 0.3) is 0 Å². The Morgan fingerprint density at radius 2 is 0.494 bits per heavy atom. The highest BCUT2D eigenvalue weighted by molar-refractivity contribution is 5.71. The third-order valence-electron chi connectivity index (χ3n) is 14.9. The maximum Gasteiger partial charge on any atom is 0.306 e. The van der Waals surface area contributed by atoms with Crippen molar-refractivity contribution >= 4 is 17.9 Å². The molecular formula is C73H128O6. The van der Waals surface area contributed by atoms with Crippen molar-refractivity contribution in [1.29, 1.82) is 0 Å². The van der Waals surface area contributed by atoms with E-state index in [1.54, 1.807) is 0 Å². The highest BCUT2D eigenvalue weighted by Crippen LogP contribution is 2.17. The molecule has 0 spiro atoms. The van der Waals surface area contributed by atoms with Crippen molar-refractivity contribution in [2.45, 2.75) is 348 Å². The van der Waals surface area contributed by atoms with Crippen LogP contribution < -0.4 is 0 Å². The first kappa shape index (κ1) is 75.6. The Bertz CT molecular complexity index is 1500. The minimum Gasteiger partial charge on any atom is -0.462 e. The van der Waals surface area contributed by atoms with Gasteiger partial charge in [0, 0.05) is 19.3 Å². The lowest BCUT2D eigenvalue weighted by Gasteiger charge is -2.18. The van der Waals surface area contributed by atoms with E-state index < -0.39 is 6.10 Å². The first-order valence-corrected chi connectivity index (χ1v) is 34.1. The molecule has 0 radical (unpaired) electrons. The molecule has 0 aliphatic carbocycles. The van der Waals surface area contributed by atoms with Crippen LogP contribution in [0.1, 0.15) is 342 Å². The van der Waals surface area contributed by atoms with Crippen LogP contribution in [-0.4, -0.2) is 37.2 Å². The lowest BCUT2D eigenvalue weighted by atomic mass is 10.0. The predicted octanol–water partition coefficient (Wildman–Crippen LogP) is 23.4. The van der Waals surface area contributed by atoms with Gasteiger partial charge in [-0.3, -0.25) is 14.4 Å². The molecule has 0 aliphatic heterocycles. The van der Waals surface area contributed by atoms with Crippen LogP contribution >= 0.6 is 0 Å². The average Bonchev–Trinajstić information content (AvgIpc) is 3.45. The summed E-state index contributed by atoms with van der Waals surface area (Å²) in [5.41, 5.74) is 0. The van der Waals surface area contributed by atoms with E-state index in [0.717, 1.165) is 109 Å². The summed E-state index contributed by atoms with van der Waals surface area (Å²) in [5.74, 6) is -0.890. The van der Waals surface area contributed by atoms with E-state index in [9.17, 15) is 14.4 Å². The molecule has 0 bridgehead atoms. The van der Waals surface area contributed by atoms with Gasteiger partial charge in [0.2, 0.25) is 0 Å². The summed E-state index contributed by atoms with van der Waals surface area (Å²) >= 11 is 0. The molecule has 1 atom stereocenters. The Kier molecular flexibility index (Phi) is 64.2. The van der Waals surface area contributed by atoms with E-state index in [-0.39, 0.29) is 31.1 Å². The Labute approximate surface area is 490 Å². The monoisotopic (exact) mass is 1100 g/mol. The van der Waals surface area contributed by atoms with Gasteiger partial charge in [0.05, 0.1) is 0 Å². The molecule has 0 rings (SSSR count). The van der Waals surface area contributed by atoms with Crippen LogP contribution in [0.4, 0.5) is 0 Å². The third kappa shape index (κ3) is 65.3. The zero-order valence-electron chi connectivity index (χ0n) is 52.4. The van der Waals surface area contributed by atoms with Crippen molar-refractivity contribution in [3.8, 4) is 0 Å². The Balaban J connectivity index is 4.27. The second-order valence-corrected chi connectivity index (χ2v) is 22.7. The van der Waals surface area contributed by atoms with Gasteiger partial charge in [-0.1, -0.05) is 292 Å². The molecule has 0 N–H and O–H groups in total. The minimum atomic E-state index is -0.787. The smallest absolute Gasteiger partial charge is 0.306 e. The Hall–Kier alpha value is -3.41. The Morgan fingerprint density at radius 3 is 0.785 bits per heavy atom. The molecule has 6 nitrogen and oxygen atoms in total. The molecule has 0 saturated carbocycles. The van der Waals surface area contributed by atoms with Crippen LogP contribution in [-0.2, 0) is 28.6 Å². The molecule has 0 aromatic rings. The van der Waals surface area contributed by atoms with Crippen molar-refractivity contribution < 1.29 is 28.6 Å². The molecule has 1 unspecified atom stereocenters. The quantitative estimate of drug-likeness (QED) is 0.0261. The molecule has 6 heteroatoms. The normalized spacial score (nSPS) is 12.6. The predicted molar refractivity (Wildman–Crippen MR) is 344 cm³/mol. The Morgan fingerprint density at radius 1 is 0.266 bits per heavy atom. The zero-order valence-corrected chi connectivity index (χ0v) is 52.4. The van der Waals surface area contributed by atoms with E-state index >= 15 is 0 Å². The van der Waals surface area contributed by atoms with Gasteiger partial charge in [0.1, 0.15) is 13.2 Å². The molecule has 0 amide bonds. The number of carbonyl (C=O) groups excluding carboxylic acids is 3. The lowest BCUT2D eigenvalue weighted by Crippen LogP contribution is -2.30. The first-order chi connectivity index (χ1) is 39.0. The molecule has 0 aromatic carbocycles. The number of carbonyl (C=O) groups is 3. The highest BCUT2D eigenvalue weighted by Gasteiger charge is 2.19. The largest absolute Gasteiger partial charge is 0.462 e. The maximum atomic E-state index is 12.9. The number of unbranched alkanes of at least 4 members (excludes halogenated alkanes) is 37. The molecule has 79 heavy (non-hydrogen) atoms. The fraction of sp³-hybridized carbons (Fsp3) is 0.767. The molecule has 0 aliphatic rings. The summed E-state index contributed by atoms with van der Waals surface area (Å²) in [6, 6.07) is 0. The molecule has 0 aromatic heterocycles. The molecule has 456 valence electrons. The summed E-state index contributed by atoms with van der Waals surface area (Å²) in [7, 11) is 0. The van der Waals surface area contributed by atoms with Crippen molar-refractivity contribution in [3.05, 3.63) is 85.1 Å². The van der Waals surface area contributed by atoms with Crippen LogP contribution in [0.2, 0.25) is 0 Å². The van der Waals surface area contributed by atoms with Crippen molar-refractivity contribution in [2.24, 2.45) is 0 Å². The van der Waals surface area contributed by atoms with E-state index in [4.69, 9.17) is 14.2 Å². The minimum absolute atomic E-state index is 0.0823. The fourth-order valence-electron chi connectivity index (χ4n) is 9.76. The number of hydrogen-bond donors (Lipinski definition) is 0. The van der Waals surface area contributed by atoms with E-state index in [1.165, 1.54) is 193 Å². The van der Waals surface area contributed by atoms with Gasteiger partial charge < -0.3 is 14.2 Å². The summed E-state index contributed by atoms with van der Waals surface area (Å²) < 4.78 is 16.9. The number of hydrogen-bond acceptors (Lipinski definition) is 6. The third-order valence-corrected chi connectivity index (χ3v) is 14.9. The van der Waals surface area contributed by atoms with E-state index in [2.05, 4.69) is 106 Å². The van der Waals surface area contributed by atoms with Gasteiger partial charge in [-0.05, 0) is 116 Å². The van der Waals surface area contributed by atoms with E-state index in [0.29, 0.717) is 19.3 Å². The summed E-state index contributed by atoms with van der Waals surface area (Å²) in [4.78, 5) is 38.4. The van der Waals surface area contributed by atoms with Gasteiger partial charge >= 0.3 is 17.9 Å². The van der Waals surface area contributed by atoms with Crippen LogP contribution in [0.25, 0.3) is 0 Å². The average molecular weight is 1100 g/mol. The van der Waals surface area contributed by atoms with Crippen LogP contribution in [0.5, 0.6) is 0 Å². The van der Waals surface area contributed by atoms with Crippen molar-refractivity contribution in [2.75, 3.05) is 13.2 Å². The highest BCUT2D eigenvalue weighted by atomic mass is 16.6. The maximum absolute atomic E-state index is 12.9. The molecule has 0 saturated heterocycles. The number of esters is 3. The zero-order chi connectivity index (χ0) is 57.1. The lowest BCUT2D eigenvalue weighted by molar-refractivity contribution is -0.167. The van der Waals surface area contributed by atoms with Gasteiger partial charge in [-0.15, -0.1) is 0 Å². The number of allylic oxidation sites excluding steroid dienone is 14.